The third-order valence-electron chi connectivity index (χ3n) is 5.15. The summed E-state index contributed by atoms with van der Waals surface area (Å²) in [5.74, 6) is -1.09. The molecular weight excluding hydrogens is 453 g/mol. The number of thiophene rings is 1. The lowest BCUT2D eigenvalue weighted by molar-refractivity contribution is 0.0535. The summed E-state index contributed by atoms with van der Waals surface area (Å²) in [7, 11) is 0. The van der Waals surface area contributed by atoms with Gasteiger partial charge in [0.25, 0.3) is 17.7 Å². The predicted molar refractivity (Wildman–Crippen MR) is 122 cm³/mol. The Morgan fingerprint density at radius 1 is 0.875 bits per heavy atom. The monoisotopic (exact) mass is 471 g/mol. The van der Waals surface area contributed by atoms with Gasteiger partial charge in [-0.1, -0.05) is 17.7 Å². The van der Waals surface area contributed by atoms with Crippen LogP contribution in [0.15, 0.2) is 60.0 Å². The Labute approximate surface area is 193 Å². The van der Waals surface area contributed by atoms with Gasteiger partial charge >= 0.3 is 0 Å². The summed E-state index contributed by atoms with van der Waals surface area (Å²) in [5, 5.41) is 4.88. The van der Waals surface area contributed by atoms with E-state index in [9.17, 15) is 18.8 Å². The van der Waals surface area contributed by atoms with Gasteiger partial charge in [0.15, 0.2) is 0 Å². The first-order valence-corrected chi connectivity index (χ1v) is 11.2. The van der Waals surface area contributed by atoms with Crippen LogP contribution in [0, 0.1) is 5.82 Å². The van der Waals surface area contributed by atoms with Gasteiger partial charge in [0, 0.05) is 37.3 Å². The lowest BCUT2D eigenvalue weighted by atomic mass is 10.1. The molecule has 0 atom stereocenters. The highest BCUT2D eigenvalue weighted by Crippen LogP contribution is 2.25. The molecule has 1 aliphatic heterocycles. The predicted octanol–water partition coefficient (Wildman–Crippen LogP) is 4.39. The molecular formula is C23H19ClFN3O3S. The topological polar surface area (TPSA) is 69.7 Å². The van der Waals surface area contributed by atoms with Crippen molar-refractivity contribution in [3.63, 3.8) is 0 Å². The van der Waals surface area contributed by atoms with Crippen molar-refractivity contribution >= 4 is 46.3 Å². The molecule has 6 nitrogen and oxygen atoms in total. The van der Waals surface area contributed by atoms with E-state index in [2.05, 4.69) is 5.32 Å². The SMILES string of the molecule is O=C(Nc1cc(C(=O)N2CCN(C(=O)c3ccc(F)cc3)CC2)ccc1Cl)c1cccs1. The van der Waals surface area contributed by atoms with Gasteiger partial charge in [0.1, 0.15) is 5.82 Å². The smallest absolute Gasteiger partial charge is 0.265 e. The number of hydrogen-bond donors (Lipinski definition) is 1. The van der Waals surface area contributed by atoms with Crippen LogP contribution in [0.4, 0.5) is 10.1 Å². The average molecular weight is 472 g/mol. The van der Waals surface area contributed by atoms with Crippen molar-refractivity contribution in [3.05, 3.63) is 86.8 Å². The number of halogens is 2. The molecule has 0 saturated carbocycles. The van der Waals surface area contributed by atoms with E-state index < -0.39 is 5.82 Å². The van der Waals surface area contributed by atoms with Crippen LogP contribution in [0.3, 0.4) is 0 Å². The van der Waals surface area contributed by atoms with Gasteiger partial charge in [-0.25, -0.2) is 4.39 Å². The molecule has 0 bridgehead atoms. The van der Waals surface area contributed by atoms with Crippen LogP contribution in [0.1, 0.15) is 30.4 Å². The Morgan fingerprint density at radius 2 is 1.47 bits per heavy atom. The molecule has 1 saturated heterocycles. The Bertz CT molecular complexity index is 1140. The third kappa shape index (κ3) is 4.81. The molecule has 3 aromatic rings. The number of anilines is 1. The molecule has 32 heavy (non-hydrogen) atoms. The zero-order chi connectivity index (χ0) is 22.7. The summed E-state index contributed by atoms with van der Waals surface area (Å²) in [4.78, 5) is 41.7. The Morgan fingerprint density at radius 3 is 2.06 bits per heavy atom. The van der Waals surface area contributed by atoms with Crippen LogP contribution in [0.2, 0.25) is 5.02 Å². The summed E-state index contributed by atoms with van der Waals surface area (Å²) in [6, 6.07) is 13.6. The van der Waals surface area contributed by atoms with Gasteiger partial charge in [0.2, 0.25) is 0 Å². The lowest BCUT2D eigenvalue weighted by Gasteiger charge is -2.35. The van der Waals surface area contributed by atoms with E-state index in [1.807, 2.05) is 0 Å². The number of benzene rings is 2. The molecule has 2 heterocycles. The van der Waals surface area contributed by atoms with E-state index in [-0.39, 0.29) is 17.7 Å². The molecule has 0 radical (unpaired) electrons. The Hall–Kier alpha value is -3.23. The van der Waals surface area contributed by atoms with E-state index >= 15 is 0 Å². The van der Waals surface area contributed by atoms with Gasteiger partial charge in [-0.3, -0.25) is 14.4 Å². The minimum Gasteiger partial charge on any atom is -0.335 e. The minimum atomic E-state index is -0.397. The summed E-state index contributed by atoms with van der Waals surface area (Å²) in [6.45, 7) is 1.48. The fourth-order valence-electron chi connectivity index (χ4n) is 3.42. The van der Waals surface area contributed by atoms with E-state index in [0.29, 0.717) is 52.9 Å². The van der Waals surface area contributed by atoms with E-state index in [0.717, 1.165) is 0 Å². The van der Waals surface area contributed by atoms with Crippen molar-refractivity contribution < 1.29 is 18.8 Å². The normalized spacial score (nSPS) is 13.7. The van der Waals surface area contributed by atoms with Gasteiger partial charge < -0.3 is 15.1 Å². The zero-order valence-electron chi connectivity index (χ0n) is 16.9. The second-order valence-corrected chi connectivity index (χ2v) is 8.57. The molecule has 164 valence electrons. The summed E-state index contributed by atoms with van der Waals surface area (Å²) >= 11 is 7.52. The maximum atomic E-state index is 13.1. The summed E-state index contributed by atoms with van der Waals surface area (Å²) in [5.41, 5.74) is 1.17. The molecule has 1 aromatic heterocycles. The molecule has 3 amide bonds. The number of hydrogen-bond acceptors (Lipinski definition) is 4. The molecule has 2 aromatic carbocycles. The fourth-order valence-corrected chi connectivity index (χ4v) is 4.20. The Balaban J connectivity index is 1.40. The largest absolute Gasteiger partial charge is 0.335 e. The molecule has 9 heteroatoms. The number of rotatable bonds is 4. The number of nitrogens with zero attached hydrogens (tertiary/aromatic N) is 2. The third-order valence-corrected chi connectivity index (χ3v) is 6.35. The molecule has 1 aliphatic rings. The van der Waals surface area contributed by atoms with Crippen molar-refractivity contribution in [1.29, 1.82) is 0 Å². The molecule has 4 rings (SSSR count). The van der Waals surface area contributed by atoms with Gasteiger partial charge in [-0.15, -0.1) is 11.3 Å². The van der Waals surface area contributed by atoms with E-state index in [1.165, 1.54) is 35.6 Å². The first-order valence-electron chi connectivity index (χ1n) is 9.91. The molecule has 0 spiro atoms. The van der Waals surface area contributed by atoms with Crippen LogP contribution in [-0.4, -0.2) is 53.7 Å². The fraction of sp³-hybridized carbons (Fsp3) is 0.174. The maximum absolute atomic E-state index is 13.1. The van der Waals surface area contributed by atoms with Crippen molar-refractivity contribution in [2.45, 2.75) is 0 Å². The number of piperazine rings is 1. The summed E-state index contributed by atoms with van der Waals surface area (Å²) < 4.78 is 13.1. The number of carbonyl (C=O) groups is 3. The maximum Gasteiger partial charge on any atom is 0.265 e. The Kier molecular flexibility index (Phi) is 6.53. The second kappa shape index (κ2) is 9.50. The van der Waals surface area contributed by atoms with Crippen molar-refractivity contribution in [1.82, 2.24) is 9.80 Å². The highest BCUT2D eigenvalue weighted by Gasteiger charge is 2.26. The number of carbonyl (C=O) groups excluding carboxylic acids is 3. The second-order valence-electron chi connectivity index (χ2n) is 7.22. The van der Waals surface area contributed by atoms with Crippen molar-refractivity contribution in [2.24, 2.45) is 0 Å². The zero-order valence-corrected chi connectivity index (χ0v) is 18.5. The van der Waals surface area contributed by atoms with Crippen LogP contribution in [0.25, 0.3) is 0 Å². The summed E-state index contributed by atoms with van der Waals surface area (Å²) in [6.07, 6.45) is 0. The minimum absolute atomic E-state index is 0.192. The standard InChI is InChI=1S/C23H19ClFN3O3S/c24-18-8-5-16(14-19(18)26-21(29)20-2-1-13-32-20)23(31)28-11-9-27(10-12-28)22(30)15-3-6-17(25)7-4-15/h1-8,13-14H,9-12H2,(H,26,29). The van der Waals surface area contributed by atoms with Gasteiger partial charge in [0.05, 0.1) is 15.6 Å². The van der Waals surface area contributed by atoms with Crippen molar-refractivity contribution in [3.8, 4) is 0 Å². The molecule has 0 aliphatic carbocycles. The highest BCUT2D eigenvalue weighted by molar-refractivity contribution is 7.12. The molecule has 1 N–H and O–H groups in total. The number of nitrogens with one attached hydrogen (secondary N) is 1. The van der Waals surface area contributed by atoms with Crippen LogP contribution >= 0.6 is 22.9 Å². The van der Waals surface area contributed by atoms with Gasteiger partial charge in [-0.2, -0.15) is 0 Å². The quantitative estimate of drug-likeness (QED) is 0.613. The highest BCUT2D eigenvalue weighted by atomic mass is 35.5. The van der Waals surface area contributed by atoms with E-state index in [4.69, 9.17) is 11.6 Å². The van der Waals surface area contributed by atoms with Crippen LogP contribution in [-0.2, 0) is 0 Å². The van der Waals surface area contributed by atoms with Crippen molar-refractivity contribution in [2.75, 3.05) is 31.5 Å². The lowest BCUT2D eigenvalue weighted by Crippen LogP contribution is -2.50. The van der Waals surface area contributed by atoms with Gasteiger partial charge in [-0.05, 0) is 53.9 Å². The molecule has 0 unspecified atom stereocenters. The van der Waals surface area contributed by atoms with E-state index in [1.54, 1.807) is 45.5 Å². The number of amides is 3. The average Bonchev–Trinajstić information content (AvgIpc) is 3.35. The van der Waals surface area contributed by atoms with Crippen LogP contribution in [0.5, 0.6) is 0 Å². The first-order chi connectivity index (χ1) is 15.4. The molecule has 1 fully saturated rings. The van der Waals surface area contributed by atoms with Crippen LogP contribution < -0.4 is 5.32 Å². The first kappa shape index (κ1) is 22.0.